The van der Waals surface area contributed by atoms with Gasteiger partial charge in [-0.3, -0.25) is 0 Å². The third kappa shape index (κ3) is 6.16. The Kier molecular flexibility index (Phi) is 6.26. The van der Waals surface area contributed by atoms with Crippen molar-refractivity contribution in [3.05, 3.63) is 0 Å². The molecule has 0 amide bonds. The van der Waals surface area contributed by atoms with Crippen molar-refractivity contribution in [2.75, 3.05) is 26.2 Å². The largest absolute Gasteiger partial charge is 0.313 e. The minimum absolute atomic E-state index is 0.676. The number of hydrogen-bond acceptors (Lipinski definition) is 2. The van der Waals surface area contributed by atoms with Crippen LogP contribution in [-0.4, -0.2) is 37.1 Å². The number of rotatable bonds is 6. The average Bonchev–Trinajstić information content (AvgIpc) is 2.18. The highest BCUT2D eigenvalue weighted by Crippen LogP contribution is 2.07. The quantitative estimate of drug-likeness (QED) is 0.728. The molecule has 0 bridgehead atoms. The van der Waals surface area contributed by atoms with Crippen LogP contribution in [-0.2, 0) is 0 Å². The Balaban J connectivity index is 1.99. The molecule has 1 saturated heterocycles. The van der Waals surface area contributed by atoms with Gasteiger partial charge in [0.15, 0.2) is 0 Å². The molecule has 2 heteroatoms. The Morgan fingerprint density at radius 3 is 2.33 bits per heavy atom. The first kappa shape index (κ1) is 13.0. The second-order valence-corrected chi connectivity index (χ2v) is 5.39. The lowest BCUT2D eigenvalue weighted by Gasteiger charge is -2.27. The zero-order valence-corrected chi connectivity index (χ0v) is 10.8. The minimum Gasteiger partial charge on any atom is -0.313 e. The van der Waals surface area contributed by atoms with Crippen molar-refractivity contribution in [3.63, 3.8) is 0 Å². The van der Waals surface area contributed by atoms with Gasteiger partial charge in [-0.05, 0) is 45.2 Å². The van der Waals surface area contributed by atoms with E-state index >= 15 is 0 Å². The van der Waals surface area contributed by atoms with Crippen LogP contribution in [0, 0.1) is 5.92 Å². The van der Waals surface area contributed by atoms with Crippen LogP contribution >= 0.6 is 0 Å². The van der Waals surface area contributed by atoms with Crippen molar-refractivity contribution in [3.8, 4) is 0 Å². The summed E-state index contributed by atoms with van der Waals surface area (Å²) in [4.78, 5) is 2.60. The van der Waals surface area contributed by atoms with E-state index in [-0.39, 0.29) is 0 Å². The van der Waals surface area contributed by atoms with Gasteiger partial charge in [0, 0.05) is 19.1 Å². The van der Waals surface area contributed by atoms with E-state index in [2.05, 4.69) is 31.0 Å². The fraction of sp³-hybridized carbons (Fsp3) is 1.00. The molecule has 90 valence electrons. The van der Waals surface area contributed by atoms with E-state index in [1.165, 1.54) is 45.3 Å². The number of hydrogen-bond donors (Lipinski definition) is 1. The predicted octanol–water partition coefficient (Wildman–Crippen LogP) is 2.50. The molecule has 2 nitrogen and oxygen atoms in total. The lowest BCUT2D eigenvalue weighted by Crippen LogP contribution is -2.38. The smallest absolute Gasteiger partial charge is 0.0107 e. The zero-order chi connectivity index (χ0) is 11.1. The van der Waals surface area contributed by atoms with Crippen LogP contribution in [0.5, 0.6) is 0 Å². The third-order valence-corrected chi connectivity index (χ3v) is 3.19. The molecule has 1 fully saturated rings. The first-order valence-corrected chi connectivity index (χ1v) is 6.64. The maximum absolute atomic E-state index is 3.62. The molecule has 0 spiro atoms. The third-order valence-electron chi connectivity index (χ3n) is 3.19. The van der Waals surface area contributed by atoms with Crippen molar-refractivity contribution < 1.29 is 0 Å². The van der Waals surface area contributed by atoms with Crippen LogP contribution in [0.4, 0.5) is 0 Å². The van der Waals surface area contributed by atoms with Crippen molar-refractivity contribution in [2.24, 2.45) is 5.92 Å². The molecule has 1 aliphatic rings. The molecule has 1 rings (SSSR count). The summed E-state index contributed by atoms with van der Waals surface area (Å²) in [5.41, 5.74) is 0. The summed E-state index contributed by atoms with van der Waals surface area (Å²) in [7, 11) is 0. The normalized spacial score (nSPS) is 20.8. The first-order valence-electron chi connectivity index (χ1n) is 6.64. The van der Waals surface area contributed by atoms with Crippen LogP contribution in [0.3, 0.4) is 0 Å². The number of nitrogens with zero attached hydrogens (tertiary/aromatic N) is 1. The maximum Gasteiger partial charge on any atom is 0.0107 e. The molecular formula is C13H28N2. The lowest BCUT2D eigenvalue weighted by atomic mass is 10.1. The summed E-state index contributed by atoms with van der Waals surface area (Å²) in [6.45, 7) is 11.9. The molecule has 1 heterocycles. The second-order valence-electron chi connectivity index (χ2n) is 5.39. The number of likely N-dealkylation sites (tertiary alicyclic amines) is 1. The molecule has 1 atom stereocenters. The number of nitrogens with one attached hydrogen (secondary N) is 1. The molecule has 0 radical (unpaired) electrons. The van der Waals surface area contributed by atoms with Crippen LogP contribution in [0.2, 0.25) is 0 Å². The summed E-state index contributed by atoms with van der Waals surface area (Å²) >= 11 is 0. The Morgan fingerprint density at radius 2 is 1.73 bits per heavy atom. The summed E-state index contributed by atoms with van der Waals surface area (Å²) in [5, 5.41) is 3.62. The summed E-state index contributed by atoms with van der Waals surface area (Å²) in [5.74, 6) is 0.808. The monoisotopic (exact) mass is 212 g/mol. The van der Waals surface area contributed by atoms with E-state index in [1.807, 2.05) is 0 Å². The van der Waals surface area contributed by atoms with Gasteiger partial charge in [-0.15, -0.1) is 0 Å². The van der Waals surface area contributed by atoms with Gasteiger partial charge in [-0.2, -0.15) is 0 Å². The van der Waals surface area contributed by atoms with Crippen LogP contribution < -0.4 is 5.32 Å². The Hall–Kier alpha value is -0.0800. The molecule has 0 aromatic rings. The highest BCUT2D eigenvalue weighted by atomic mass is 15.1. The lowest BCUT2D eigenvalue weighted by molar-refractivity contribution is 0.225. The topological polar surface area (TPSA) is 15.3 Å². The van der Waals surface area contributed by atoms with Crippen molar-refractivity contribution in [1.82, 2.24) is 10.2 Å². The first-order chi connectivity index (χ1) is 7.18. The van der Waals surface area contributed by atoms with Gasteiger partial charge >= 0.3 is 0 Å². The van der Waals surface area contributed by atoms with Crippen molar-refractivity contribution >= 4 is 0 Å². The van der Waals surface area contributed by atoms with Crippen LogP contribution in [0.15, 0.2) is 0 Å². The average molecular weight is 212 g/mol. The molecule has 0 aromatic heterocycles. The Morgan fingerprint density at radius 1 is 1.07 bits per heavy atom. The fourth-order valence-electron chi connectivity index (χ4n) is 2.44. The van der Waals surface area contributed by atoms with Crippen LogP contribution in [0.1, 0.15) is 46.5 Å². The van der Waals surface area contributed by atoms with Gasteiger partial charge in [0.2, 0.25) is 0 Å². The van der Waals surface area contributed by atoms with E-state index in [1.54, 1.807) is 0 Å². The van der Waals surface area contributed by atoms with E-state index < -0.39 is 0 Å². The highest BCUT2D eigenvalue weighted by Gasteiger charge is 2.10. The van der Waals surface area contributed by atoms with E-state index in [4.69, 9.17) is 0 Å². The van der Waals surface area contributed by atoms with Gasteiger partial charge in [-0.1, -0.05) is 20.3 Å². The summed E-state index contributed by atoms with van der Waals surface area (Å²) in [6, 6.07) is 0.676. The van der Waals surface area contributed by atoms with E-state index in [9.17, 15) is 0 Å². The number of piperidine rings is 1. The van der Waals surface area contributed by atoms with Crippen molar-refractivity contribution in [1.29, 1.82) is 0 Å². The molecule has 0 aliphatic carbocycles. The van der Waals surface area contributed by atoms with Gasteiger partial charge in [0.05, 0.1) is 0 Å². The Bertz CT molecular complexity index is 151. The molecular weight excluding hydrogens is 184 g/mol. The van der Waals surface area contributed by atoms with Gasteiger partial charge < -0.3 is 10.2 Å². The molecule has 0 unspecified atom stereocenters. The van der Waals surface area contributed by atoms with Crippen LogP contribution in [0.25, 0.3) is 0 Å². The molecule has 1 N–H and O–H groups in total. The summed E-state index contributed by atoms with van der Waals surface area (Å²) in [6.07, 6.45) is 5.54. The molecule has 0 saturated carbocycles. The molecule has 15 heavy (non-hydrogen) atoms. The van der Waals surface area contributed by atoms with Gasteiger partial charge in [0.25, 0.3) is 0 Å². The van der Waals surface area contributed by atoms with Crippen molar-refractivity contribution in [2.45, 2.75) is 52.5 Å². The minimum atomic E-state index is 0.676. The fourth-order valence-corrected chi connectivity index (χ4v) is 2.44. The zero-order valence-electron chi connectivity index (χ0n) is 10.8. The predicted molar refractivity (Wildman–Crippen MR) is 67.2 cm³/mol. The van der Waals surface area contributed by atoms with Gasteiger partial charge in [0.1, 0.15) is 0 Å². The SMILES string of the molecule is CC(C)C[C@H](C)NCCN1CCCCC1. The van der Waals surface area contributed by atoms with Gasteiger partial charge in [-0.25, -0.2) is 0 Å². The Labute approximate surface area is 95.4 Å². The maximum atomic E-state index is 3.62. The second kappa shape index (κ2) is 7.24. The molecule has 0 aromatic carbocycles. The van der Waals surface area contributed by atoms with E-state index in [0.29, 0.717) is 6.04 Å². The highest BCUT2D eigenvalue weighted by molar-refractivity contribution is 4.68. The van der Waals surface area contributed by atoms with E-state index in [0.717, 1.165) is 12.5 Å². The standard InChI is InChI=1S/C13H28N2/c1-12(2)11-13(3)14-7-10-15-8-5-4-6-9-15/h12-14H,4-11H2,1-3H3/t13-/m0/s1. The summed E-state index contributed by atoms with van der Waals surface area (Å²) < 4.78 is 0. The molecule has 1 aliphatic heterocycles.